The molecule has 0 fully saturated rings. The van der Waals surface area contributed by atoms with Gasteiger partial charge in [0.1, 0.15) is 22.6 Å². The van der Waals surface area contributed by atoms with Gasteiger partial charge in [0.15, 0.2) is 5.65 Å². The molecule has 34 heavy (non-hydrogen) atoms. The number of carbonyl (C=O) groups excluding carboxylic acids is 1. The van der Waals surface area contributed by atoms with Gasteiger partial charge in [0, 0.05) is 23.3 Å². The SMILES string of the molecule is C[NH2+]c1ccc(OCCCC(C)(C)N)cc1C(=N)c1cnc2[nH]cc(C(=O)NC(C)(C)C)c2n1. The van der Waals surface area contributed by atoms with Crippen molar-refractivity contribution in [3.63, 3.8) is 0 Å². The molecule has 9 nitrogen and oxygen atoms in total. The minimum atomic E-state index is -0.384. The molecule has 2 heterocycles. The number of nitrogens with zero attached hydrogens (tertiary/aromatic N) is 2. The van der Waals surface area contributed by atoms with Crippen molar-refractivity contribution in [2.45, 2.75) is 58.5 Å². The second-order valence-electron chi connectivity index (χ2n) is 10.2. The third kappa shape index (κ3) is 6.39. The van der Waals surface area contributed by atoms with Gasteiger partial charge in [0.2, 0.25) is 0 Å². The molecule has 0 aliphatic carbocycles. The number of fused-ring (bicyclic) bond motifs is 1. The highest BCUT2D eigenvalue weighted by molar-refractivity contribution is 6.13. The lowest BCUT2D eigenvalue weighted by molar-refractivity contribution is -0.539. The van der Waals surface area contributed by atoms with Crippen molar-refractivity contribution < 1.29 is 14.8 Å². The normalized spacial score (nSPS) is 12.1. The van der Waals surface area contributed by atoms with Gasteiger partial charge in [-0.05, 0) is 59.6 Å². The number of aromatic nitrogens is 3. The van der Waals surface area contributed by atoms with Gasteiger partial charge in [-0.1, -0.05) is 0 Å². The van der Waals surface area contributed by atoms with Gasteiger partial charge in [0.25, 0.3) is 5.91 Å². The van der Waals surface area contributed by atoms with Crippen LogP contribution in [0.5, 0.6) is 5.75 Å². The van der Waals surface area contributed by atoms with Crippen LogP contribution in [0.4, 0.5) is 5.69 Å². The summed E-state index contributed by atoms with van der Waals surface area (Å²) in [4.78, 5) is 24.7. The Labute approximate surface area is 200 Å². The molecular weight excluding hydrogens is 430 g/mol. The Kier molecular flexibility index (Phi) is 7.38. The van der Waals surface area contributed by atoms with Gasteiger partial charge in [-0.25, -0.2) is 9.97 Å². The second-order valence-corrected chi connectivity index (χ2v) is 10.2. The maximum absolute atomic E-state index is 12.7. The van der Waals surface area contributed by atoms with E-state index in [1.165, 1.54) is 0 Å². The molecule has 0 spiro atoms. The van der Waals surface area contributed by atoms with Crippen LogP contribution < -0.4 is 21.1 Å². The fourth-order valence-corrected chi connectivity index (χ4v) is 3.54. The van der Waals surface area contributed by atoms with Gasteiger partial charge in [0.05, 0.1) is 36.7 Å². The first-order valence-corrected chi connectivity index (χ1v) is 11.5. The Balaban J connectivity index is 1.87. The van der Waals surface area contributed by atoms with Crippen LogP contribution in [-0.2, 0) is 0 Å². The van der Waals surface area contributed by atoms with Crippen molar-refractivity contribution in [3.8, 4) is 5.75 Å². The minimum Gasteiger partial charge on any atom is -0.494 e. The number of quaternary nitrogens is 1. The van der Waals surface area contributed by atoms with E-state index in [0.29, 0.717) is 40.3 Å². The molecule has 0 aliphatic heterocycles. The maximum atomic E-state index is 12.7. The fourth-order valence-electron chi connectivity index (χ4n) is 3.54. The zero-order valence-corrected chi connectivity index (χ0v) is 20.9. The van der Waals surface area contributed by atoms with Crippen molar-refractivity contribution in [2.24, 2.45) is 5.73 Å². The summed E-state index contributed by atoms with van der Waals surface area (Å²) in [6.45, 7) is 10.3. The van der Waals surface area contributed by atoms with E-state index in [0.717, 1.165) is 18.5 Å². The van der Waals surface area contributed by atoms with Crippen molar-refractivity contribution in [2.75, 3.05) is 13.7 Å². The average Bonchev–Trinajstić information content (AvgIpc) is 3.17. The quantitative estimate of drug-likeness (QED) is 0.187. The Hall–Kier alpha value is -3.30. The Morgan fingerprint density at radius 2 is 1.97 bits per heavy atom. The van der Waals surface area contributed by atoms with E-state index >= 15 is 0 Å². The number of ether oxygens (including phenoxy) is 1. The number of amides is 1. The van der Waals surface area contributed by atoms with Crippen LogP contribution in [0, 0.1) is 5.41 Å². The highest BCUT2D eigenvalue weighted by Crippen LogP contribution is 2.23. The summed E-state index contributed by atoms with van der Waals surface area (Å²) in [7, 11) is 1.92. The lowest BCUT2D eigenvalue weighted by Crippen LogP contribution is -2.73. The van der Waals surface area contributed by atoms with E-state index in [1.807, 2.05) is 65.2 Å². The fraction of sp³-hybridized carbons (Fsp3) is 0.440. The number of rotatable bonds is 9. The van der Waals surface area contributed by atoms with Gasteiger partial charge in [-0.15, -0.1) is 0 Å². The molecule has 1 aromatic carbocycles. The highest BCUT2D eigenvalue weighted by Gasteiger charge is 2.22. The summed E-state index contributed by atoms with van der Waals surface area (Å²) in [5.41, 5.74) is 8.92. The van der Waals surface area contributed by atoms with Crippen LogP contribution in [0.3, 0.4) is 0 Å². The van der Waals surface area contributed by atoms with Gasteiger partial charge in [-0.3, -0.25) is 10.2 Å². The zero-order chi connectivity index (χ0) is 25.1. The molecule has 0 saturated heterocycles. The first-order chi connectivity index (χ1) is 15.9. The van der Waals surface area contributed by atoms with Crippen molar-refractivity contribution >= 4 is 28.5 Å². The number of hydrogen-bond donors (Lipinski definition) is 5. The smallest absolute Gasteiger partial charge is 0.255 e. The molecule has 9 heteroatoms. The lowest BCUT2D eigenvalue weighted by Gasteiger charge is -2.20. The minimum absolute atomic E-state index is 0.208. The summed E-state index contributed by atoms with van der Waals surface area (Å²) in [5.74, 6) is 0.441. The summed E-state index contributed by atoms with van der Waals surface area (Å²) >= 11 is 0. The molecular formula is C25H36N7O2+. The summed E-state index contributed by atoms with van der Waals surface area (Å²) in [6.07, 6.45) is 4.84. The molecule has 0 unspecified atom stereocenters. The third-order valence-corrected chi connectivity index (χ3v) is 5.21. The number of H-pyrrole nitrogens is 1. The molecule has 0 saturated carbocycles. The van der Waals surface area contributed by atoms with Crippen LogP contribution in [-0.4, -0.2) is 51.3 Å². The Morgan fingerprint density at radius 1 is 1.24 bits per heavy atom. The van der Waals surface area contributed by atoms with Gasteiger partial charge < -0.3 is 26.1 Å². The summed E-state index contributed by atoms with van der Waals surface area (Å²) in [6, 6.07) is 5.67. The van der Waals surface area contributed by atoms with E-state index in [-0.39, 0.29) is 22.7 Å². The van der Waals surface area contributed by atoms with Crippen LogP contribution in [0.15, 0.2) is 30.6 Å². The molecule has 0 bridgehead atoms. The van der Waals surface area contributed by atoms with E-state index in [4.69, 9.17) is 15.9 Å². The van der Waals surface area contributed by atoms with E-state index < -0.39 is 0 Å². The number of nitrogens with one attached hydrogen (secondary N) is 3. The standard InChI is InChI=1S/C25H35N7O2/c1-24(2,3)32-23(33)17-13-29-22-21(17)31-19(14-30-22)20(26)16-12-15(8-9-18(16)28-6)34-11-7-10-25(4,5)27/h8-9,12-14,26,28H,7,10-11,27H2,1-6H3,(H,29,30)(H,32,33)/p+1. The van der Waals surface area contributed by atoms with E-state index in [2.05, 4.69) is 20.3 Å². The molecule has 2 aromatic heterocycles. The molecule has 1 amide bonds. The van der Waals surface area contributed by atoms with Crippen LogP contribution in [0.25, 0.3) is 11.2 Å². The summed E-state index contributed by atoms with van der Waals surface area (Å²) < 4.78 is 5.92. The number of aromatic amines is 1. The molecule has 0 radical (unpaired) electrons. The van der Waals surface area contributed by atoms with Crippen molar-refractivity contribution in [1.82, 2.24) is 20.3 Å². The highest BCUT2D eigenvalue weighted by atomic mass is 16.5. The Morgan fingerprint density at radius 3 is 2.62 bits per heavy atom. The third-order valence-electron chi connectivity index (χ3n) is 5.21. The van der Waals surface area contributed by atoms with Gasteiger partial charge >= 0.3 is 0 Å². The molecule has 7 N–H and O–H groups in total. The largest absolute Gasteiger partial charge is 0.494 e. The number of carbonyl (C=O) groups is 1. The number of benzene rings is 1. The monoisotopic (exact) mass is 466 g/mol. The first kappa shape index (κ1) is 25.3. The molecule has 182 valence electrons. The van der Waals surface area contributed by atoms with Crippen LogP contribution in [0.2, 0.25) is 0 Å². The van der Waals surface area contributed by atoms with Crippen molar-refractivity contribution in [1.29, 1.82) is 5.41 Å². The second kappa shape index (κ2) is 9.90. The first-order valence-electron chi connectivity index (χ1n) is 11.5. The molecule has 3 rings (SSSR count). The van der Waals surface area contributed by atoms with E-state index in [9.17, 15) is 4.79 Å². The topological polar surface area (TPSA) is 146 Å². The van der Waals surface area contributed by atoms with Crippen LogP contribution in [0.1, 0.15) is 69.1 Å². The predicted octanol–water partition coefficient (Wildman–Crippen LogP) is 2.62. The van der Waals surface area contributed by atoms with Crippen LogP contribution >= 0.6 is 0 Å². The number of nitrogens with two attached hydrogens (primary N) is 2. The molecule has 3 aromatic rings. The molecule has 0 aliphatic rings. The summed E-state index contributed by atoms with van der Waals surface area (Å²) in [5, 5.41) is 13.7. The maximum Gasteiger partial charge on any atom is 0.255 e. The van der Waals surface area contributed by atoms with E-state index in [1.54, 1.807) is 12.4 Å². The number of hydrogen-bond acceptors (Lipinski definition) is 6. The van der Waals surface area contributed by atoms with Gasteiger partial charge in [-0.2, -0.15) is 0 Å². The Bertz CT molecular complexity index is 1190. The van der Waals surface area contributed by atoms with Crippen molar-refractivity contribution in [3.05, 3.63) is 47.4 Å². The average molecular weight is 467 g/mol. The predicted molar refractivity (Wildman–Crippen MR) is 134 cm³/mol. The molecule has 0 atom stereocenters. The zero-order valence-electron chi connectivity index (χ0n) is 20.9. The lowest BCUT2D eigenvalue weighted by atomic mass is 10.0.